The zero-order valence-corrected chi connectivity index (χ0v) is 18.0. The Labute approximate surface area is 178 Å². The molecule has 2 fully saturated rings. The predicted molar refractivity (Wildman–Crippen MR) is 115 cm³/mol. The van der Waals surface area contributed by atoms with E-state index in [1.165, 1.54) is 0 Å². The quantitative estimate of drug-likeness (QED) is 0.522. The number of amides is 1. The lowest BCUT2D eigenvalue weighted by Crippen LogP contribution is -2.56. The summed E-state index contributed by atoms with van der Waals surface area (Å²) in [5.74, 6) is 1.27. The van der Waals surface area contributed by atoms with Crippen LogP contribution in [0.2, 0.25) is 5.02 Å². The summed E-state index contributed by atoms with van der Waals surface area (Å²) >= 11 is 7.60. The average Bonchev–Trinajstić information content (AvgIpc) is 3.07. The molecule has 0 unspecified atom stereocenters. The number of nitrogens with zero attached hydrogens (tertiary/aromatic N) is 3. The molecule has 2 heterocycles. The second-order valence-electron chi connectivity index (χ2n) is 8.33. The van der Waals surface area contributed by atoms with Crippen LogP contribution < -0.4 is 0 Å². The highest BCUT2D eigenvalue weighted by Crippen LogP contribution is 2.62. The topological polar surface area (TPSA) is 59.2 Å². The van der Waals surface area contributed by atoms with E-state index >= 15 is 0 Å². The number of pyridine rings is 1. The fraction of sp³-hybridized carbons (Fsp3) is 0.409. The van der Waals surface area contributed by atoms with E-state index < -0.39 is 0 Å². The number of halogens is 1. The summed E-state index contributed by atoms with van der Waals surface area (Å²) in [6.07, 6.45) is 7.94. The third-order valence-corrected chi connectivity index (χ3v) is 7.35. The average molecular weight is 428 g/mol. The highest BCUT2D eigenvalue weighted by molar-refractivity contribution is 7.98. The second kappa shape index (κ2) is 7.03. The molecule has 1 spiro atoms. The predicted octanol–water partition coefficient (Wildman–Crippen LogP) is 5.40. The van der Waals surface area contributed by atoms with Gasteiger partial charge in [-0.05, 0) is 67.7 Å². The number of fused-ring (bicyclic) bond motifs is 1. The maximum Gasteiger partial charge on any atom is 0.253 e. The minimum Gasteiger partial charge on any atom is -0.440 e. The van der Waals surface area contributed by atoms with Gasteiger partial charge in [0.15, 0.2) is 11.5 Å². The summed E-state index contributed by atoms with van der Waals surface area (Å²) in [6.45, 7) is 0. The van der Waals surface area contributed by atoms with Gasteiger partial charge in [-0.2, -0.15) is 0 Å². The van der Waals surface area contributed by atoms with Crippen LogP contribution in [0, 0.1) is 5.41 Å². The van der Waals surface area contributed by atoms with Crippen molar-refractivity contribution in [3.05, 3.63) is 53.0 Å². The molecule has 29 heavy (non-hydrogen) atoms. The Morgan fingerprint density at radius 2 is 2.03 bits per heavy atom. The molecule has 5 nitrogen and oxygen atoms in total. The molecular weight excluding hydrogens is 406 g/mol. The number of benzene rings is 1. The van der Waals surface area contributed by atoms with Gasteiger partial charge in [-0.25, -0.2) is 9.97 Å². The molecule has 7 heteroatoms. The maximum atomic E-state index is 12.8. The molecule has 0 radical (unpaired) electrons. The first-order chi connectivity index (χ1) is 14.0. The van der Waals surface area contributed by atoms with E-state index in [2.05, 4.69) is 9.97 Å². The first-order valence-electron chi connectivity index (χ1n) is 9.80. The van der Waals surface area contributed by atoms with E-state index in [1.54, 1.807) is 24.0 Å². The molecular formula is C22H22ClN3O2S. The van der Waals surface area contributed by atoms with Gasteiger partial charge < -0.3 is 9.32 Å². The third-order valence-electron chi connectivity index (χ3n) is 6.47. The molecule has 0 bridgehead atoms. The van der Waals surface area contributed by atoms with Crippen LogP contribution in [-0.2, 0) is 0 Å². The van der Waals surface area contributed by atoms with Crippen molar-refractivity contribution in [3.8, 4) is 0 Å². The largest absolute Gasteiger partial charge is 0.440 e. The molecule has 150 valence electrons. The molecule has 0 atom stereocenters. The molecule has 3 aromatic rings. The Morgan fingerprint density at radius 1 is 1.24 bits per heavy atom. The Morgan fingerprint density at radius 3 is 2.79 bits per heavy atom. The van der Waals surface area contributed by atoms with E-state index in [4.69, 9.17) is 16.0 Å². The molecule has 0 aliphatic heterocycles. The van der Waals surface area contributed by atoms with Crippen molar-refractivity contribution < 1.29 is 9.21 Å². The molecule has 1 amide bonds. The highest BCUT2D eigenvalue weighted by atomic mass is 35.5. The van der Waals surface area contributed by atoms with Crippen molar-refractivity contribution in [1.82, 2.24) is 14.9 Å². The lowest BCUT2D eigenvalue weighted by molar-refractivity contribution is -0.0572. The van der Waals surface area contributed by atoms with Gasteiger partial charge in [0.25, 0.3) is 5.91 Å². The maximum absolute atomic E-state index is 12.8. The number of rotatable bonds is 4. The molecule has 5 rings (SSSR count). The normalized spacial score (nSPS) is 25.6. The third kappa shape index (κ3) is 3.32. The molecule has 2 aliphatic carbocycles. The summed E-state index contributed by atoms with van der Waals surface area (Å²) in [4.78, 5) is 23.6. The lowest BCUT2D eigenvalue weighted by atomic mass is 9.49. The second-order valence-corrected chi connectivity index (χ2v) is 9.60. The van der Waals surface area contributed by atoms with Crippen molar-refractivity contribution in [2.45, 2.75) is 42.7 Å². The summed E-state index contributed by atoms with van der Waals surface area (Å²) in [5, 5.41) is 1.55. The molecule has 1 aromatic carbocycles. The Kier molecular flexibility index (Phi) is 4.59. The van der Waals surface area contributed by atoms with Gasteiger partial charge in [0, 0.05) is 35.8 Å². The van der Waals surface area contributed by atoms with Crippen LogP contribution in [0.4, 0.5) is 0 Å². The lowest BCUT2D eigenvalue weighted by Gasteiger charge is -2.58. The Bertz CT molecular complexity index is 1080. The Hall–Kier alpha value is -2.05. The number of hydrogen-bond donors (Lipinski definition) is 0. The van der Waals surface area contributed by atoms with Gasteiger partial charge in [-0.15, -0.1) is 11.8 Å². The van der Waals surface area contributed by atoms with Crippen LogP contribution in [0.5, 0.6) is 0 Å². The summed E-state index contributed by atoms with van der Waals surface area (Å²) in [7, 11) is 1.92. The number of hydrogen-bond acceptors (Lipinski definition) is 5. The van der Waals surface area contributed by atoms with E-state index in [0.717, 1.165) is 47.7 Å². The first-order valence-corrected chi connectivity index (χ1v) is 11.4. The van der Waals surface area contributed by atoms with Crippen LogP contribution in [0.15, 0.2) is 46.0 Å². The van der Waals surface area contributed by atoms with E-state index in [0.29, 0.717) is 28.0 Å². The van der Waals surface area contributed by atoms with Crippen molar-refractivity contribution in [2.75, 3.05) is 13.3 Å². The van der Waals surface area contributed by atoms with Crippen LogP contribution in [0.1, 0.15) is 47.8 Å². The summed E-state index contributed by atoms with van der Waals surface area (Å²) < 4.78 is 5.94. The number of oxazole rings is 1. The van der Waals surface area contributed by atoms with Gasteiger partial charge in [-0.1, -0.05) is 11.6 Å². The Balaban J connectivity index is 1.20. The molecule has 0 saturated heterocycles. The van der Waals surface area contributed by atoms with Crippen LogP contribution in [0.25, 0.3) is 11.1 Å². The number of carbonyl (C=O) groups is 1. The van der Waals surface area contributed by atoms with Gasteiger partial charge in [0.2, 0.25) is 0 Å². The smallest absolute Gasteiger partial charge is 0.253 e. The fourth-order valence-electron chi connectivity index (χ4n) is 4.82. The van der Waals surface area contributed by atoms with Crippen LogP contribution in [-0.4, -0.2) is 40.1 Å². The molecule has 2 saturated carbocycles. The van der Waals surface area contributed by atoms with Crippen LogP contribution >= 0.6 is 23.4 Å². The standard InChI is InChI=1S/C22H22ClN3O2S/c1-26(21(27)13-5-6-24-19(7-13)29-2)16-11-22(12-16)9-14(10-22)20-25-17-8-15(23)3-4-18(17)28-20/h3-8,14,16H,9-12H2,1-2H3. The fourth-order valence-corrected chi connectivity index (χ4v) is 5.40. The molecule has 0 N–H and O–H groups in total. The first kappa shape index (κ1) is 18.9. The highest BCUT2D eigenvalue weighted by Gasteiger charge is 2.55. The van der Waals surface area contributed by atoms with E-state index in [1.807, 2.05) is 42.5 Å². The zero-order valence-electron chi connectivity index (χ0n) is 16.4. The number of carbonyl (C=O) groups excluding carboxylic acids is 1. The van der Waals surface area contributed by atoms with Crippen molar-refractivity contribution in [1.29, 1.82) is 0 Å². The van der Waals surface area contributed by atoms with Gasteiger partial charge >= 0.3 is 0 Å². The molecule has 2 aliphatic rings. The van der Waals surface area contributed by atoms with Gasteiger partial charge in [0.1, 0.15) is 5.52 Å². The number of thioether (sulfide) groups is 1. The van der Waals surface area contributed by atoms with E-state index in [9.17, 15) is 4.79 Å². The van der Waals surface area contributed by atoms with E-state index in [-0.39, 0.29) is 5.91 Å². The minimum atomic E-state index is 0.0780. The SMILES string of the molecule is CSc1cc(C(=O)N(C)C2CC3(CC(c4nc5cc(Cl)ccc5o4)C3)C2)ccn1. The monoisotopic (exact) mass is 427 g/mol. The molecule has 2 aromatic heterocycles. The van der Waals surface area contributed by atoms with Crippen molar-refractivity contribution in [3.63, 3.8) is 0 Å². The van der Waals surface area contributed by atoms with Gasteiger partial charge in [0.05, 0.1) is 5.03 Å². The van der Waals surface area contributed by atoms with Crippen molar-refractivity contribution >= 4 is 40.4 Å². The summed E-state index contributed by atoms with van der Waals surface area (Å²) in [6, 6.07) is 9.53. The summed E-state index contributed by atoms with van der Waals surface area (Å²) in [5.41, 5.74) is 2.67. The van der Waals surface area contributed by atoms with Gasteiger partial charge in [-0.3, -0.25) is 4.79 Å². The van der Waals surface area contributed by atoms with Crippen LogP contribution in [0.3, 0.4) is 0 Å². The number of aromatic nitrogens is 2. The minimum absolute atomic E-state index is 0.0780. The van der Waals surface area contributed by atoms with Crippen molar-refractivity contribution in [2.24, 2.45) is 5.41 Å². The zero-order chi connectivity index (χ0) is 20.2.